The summed E-state index contributed by atoms with van der Waals surface area (Å²) in [6, 6.07) is 6.60. The third kappa shape index (κ3) is 2.41. The highest BCUT2D eigenvalue weighted by atomic mass is 35.5. The Hall–Kier alpha value is -0.610. The maximum atomic E-state index is 13.6. The van der Waals surface area contributed by atoms with Gasteiger partial charge in [0.15, 0.2) is 0 Å². The minimum Gasteiger partial charge on any atom is -0.317 e. The molecule has 1 unspecified atom stereocenters. The molecule has 1 aromatic carbocycles. The molecular weight excluding hydrogens is 292 g/mol. The van der Waals surface area contributed by atoms with Gasteiger partial charge in [-0.15, -0.1) is 11.3 Å². The molecule has 2 N–H and O–H groups in total. The molecule has 0 bridgehead atoms. The fourth-order valence-electron chi connectivity index (χ4n) is 1.77. The predicted octanol–water partition coefficient (Wildman–Crippen LogP) is 4.72. The summed E-state index contributed by atoms with van der Waals surface area (Å²) in [4.78, 5) is 2.08. The smallest absolute Gasteiger partial charge is 0.142 e. The van der Waals surface area contributed by atoms with E-state index < -0.39 is 11.4 Å². The molecule has 0 spiro atoms. The Balaban J connectivity index is 2.57. The van der Waals surface area contributed by atoms with Crippen LogP contribution in [0, 0.1) is 12.7 Å². The second-order valence-corrected chi connectivity index (χ2v) is 6.46. The molecule has 2 rings (SSSR count). The molecule has 0 saturated heterocycles. The van der Waals surface area contributed by atoms with Gasteiger partial charge in [-0.1, -0.05) is 23.2 Å². The standard InChI is InChI=1S/C13H12Cl2FNS/c1-7-3-4-12(18-7)13(2,17)8-5-11(16)10(15)6-9(8)14/h3-6H,17H2,1-2H3. The Labute approximate surface area is 119 Å². The van der Waals surface area contributed by atoms with E-state index in [2.05, 4.69) is 0 Å². The van der Waals surface area contributed by atoms with Crippen LogP contribution in [0.1, 0.15) is 22.2 Å². The number of benzene rings is 1. The van der Waals surface area contributed by atoms with Gasteiger partial charge in [-0.3, -0.25) is 0 Å². The van der Waals surface area contributed by atoms with Gasteiger partial charge in [-0.25, -0.2) is 4.39 Å². The number of hydrogen-bond acceptors (Lipinski definition) is 2. The van der Waals surface area contributed by atoms with Gasteiger partial charge in [-0.05, 0) is 43.7 Å². The van der Waals surface area contributed by atoms with Crippen LogP contribution in [-0.2, 0) is 5.54 Å². The molecule has 0 fully saturated rings. The number of halogens is 3. The van der Waals surface area contributed by atoms with Gasteiger partial charge in [0, 0.05) is 14.8 Å². The molecule has 0 aliphatic carbocycles. The van der Waals surface area contributed by atoms with E-state index in [1.54, 1.807) is 11.3 Å². The van der Waals surface area contributed by atoms with Crippen molar-refractivity contribution >= 4 is 34.5 Å². The molecule has 18 heavy (non-hydrogen) atoms. The van der Waals surface area contributed by atoms with Crippen molar-refractivity contribution in [3.05, 3.63) is 55.4 Å². The Kier molecular flexibility index (Phi) is 3.70. The van der Waals surface area contributed by atoms with E-state index in [4.69, 9.17) is 28.9 Å². The maximum absolute atomic E-state index is 13.6. The fraction of sp³-hybridized carbons (Fsp3) is 0.231. The molecule has 0 saturated carbocycles. The Morgan fingerprint density at radius 2 is 1.89 bits per heavy atom. The summed E-state index contributed by atoms with van der Waals surface area (Å²) in [5.74, 6) is -0.513. The summed E-state index contributed by atoms with van der Waals surface area (Å²) in [6.07, 6.45) is 0. The van der Waals surface area contributed by atoms with Crippen molar-refractivity contribution in [1.82, 2.24) is 0 Å². The highest BCUT2D eigenvalue weighted by molar-refractivity contribution is 7.12. The van der Waals surface area contributed by atoms with Gasteiger partial charge in [0.05, 0.1) is 10.6 Å². The summed E-state index contributed by atoms with van der Waals surface area (Å²) in [5, 5.41) is 0.374. The Bertz CT molecular complexity index is 593. The average molecular weight is 304 g/mol. The van der Waals surface area contributed by atoms with E-state index in [1.165, 1.54) is 12.1 Å². The molecule has 0 aliphatic heterocycles. The number of hydrogen-bond donors (Lipinski definition) is 1. The molecular formula is C13H12Cl2FNS. The lowest BCUT2D eigenvalue weighted by Gasteiger charge is -2.25. The molecule has 1 nitrogen and oxygen atoms in total. The quantitative estimate of drug-likeness (QED) is 0.798. The van der Waals surface area contributed by atoms with Crippen molar-refractivity contribution in [2.75, 3.05) is 0 Å². The van der Waals surface area contributed by atoms with Crippen LogP contribution >= 0.6 is 34.5 Å². The van der Waals surface area contributed by atoms with E-state index in [0.29, 0.717) is 10.6 Å². The first kappa shape index (κ1) is 13.8. The number of rotatable bonds is 2. The Morgan fingerprint density at radius 1 is 1.22 bits per heavy atom. The zero-order chi connectivity index (χ0) is 13.5. The topological polar surface area (TPSA) is 26.0 Å². The number of aryl methyl sites for hydroxylation is 1. The summed E-state index contributed by atoms with van der Waals surface area (Å²) in [6.45, 7) is 3.81. The van der Waals surface area contributed by atoms with E-state index in [9.17, 15) is 4.39 Å². The fourth-order valence-corrected chi connectivity index (χ4v) is 3.29. The first-order chi connectivity index (χ1) is 8.32. The van der Waals surface area contributed by atoms with Crippen LogP contribution in [-0.4, -0.2) is 0 Å². The highest BCUT2D eigenvalue weighted by Crippen LogP contribution is 2.37. The zero-order valence-electron chi connectivity index (χ0n) is 9.93. The lowest BCUT2D eigenvalue weighted by atomic mass is 9.91. The third-order valence-corrected chi connectivity index (χ3v) is 4.66. The van der Waals surface area contributed by atoms with Gasteiger partial charge in [0.25, 0.3) is 0 Å². The van der Waals surface area contributed by atoms with Crippen LogP contribution in [0.5, 0.6) is 0 Å². The summed E-state index contributed by atoms with van der Waals surface area (Å²) < 4.78 is 13.6. The third-order valence-electron chi connectivity index (χ3n) is 2.82. The molecule has 0 aliphatic rings. The summed E-state index contributed by atoms with van der Waals surface area (Å²) in [7, 11) is 0. The highest BCUT2D eigenvalue weighted by Gasteiger charge is 2.28. The van der Waals surface area contributed by atoms with Crippen LogP contribution in [0.3, 0.4) is 0 Å². The molecule has 0 radical (unpaired) electrons. The van der Waals surface area contributed by atoms with E-state index in [1.807, 2.05) is 26.0 Å². The van der Waals surface area contributed by atoms with Gasteiger partial charge >= 0.3 is 0 Å². The van der Waals surface area contributed by atoms with Crippen molar-refractivity contribution in [2.24, 2.45) is 5.73 Å². The van der Waals surface area contributed by atoms with Gasteiger partial charge < -0.3 is 5.73 Å². The first-order valence-corrected chi connectivity index (χ1v) is 6.90. The normalized spacial score (nSPS) is 14.6. The molecule has 2 aromatic rings. The number of thiophene rings is 1. The first-order valence-electron chi connectivity index (χ1n) is 5.33. The lowest BCUT2D eigenvalue weighted by Crippen LogP contribution is -2.33. The van der Waals surface area contributed by atoms with Crippen molar-refractivity contribution in [3.63, 3.8) is 0 Å². The minimum atomic E-state index is -0.832. The van der Waals surface area contributed by atoms with Crippen molar-refractivity contribution in [2.45, 2.75) is 19.4 Å². The van der Waals surface area contributed by atoms with E-state index in [-0.39, 0.29) is 5.02 Å². The average Bonchev–Trinajstić information content (AvgIpc) is 2.70. The number of nitrogens with two attached hydrogens (primary N) is 1. The Morgan fingerprint density at radius 3 is 2.44 bits per heavy atom. The van der Waals surface area contributed by atoms with E-state index in [0.717, 1.165) is 9.75 Å². The molecule has 1 atom stereocenters. The molecule has 1 heterocycles. The van der Waals surface area contributed by atoms with Gasteiger partial charge in [0.2, 0.25) is 0 Å². The summed E-state index contributed by atoms with van der Waals surface area (Å²) in [5.41, 5.74) is 6.01. The van der Waals surface area contributed by atoms with Crippen LogP contribution < -0.4 is 5.73 Å². The molecule has 96 valence electrons. The SMILES string of the molecule is Cc1ccc(C(C)(N)c2cc(F)c(Cl)cc2Cl)s1. The van der Waals surface area contributed by atoms with Crippen molar-refractivity contribution < 1.29 is 4.39 Å². The second-order valence-electron chi connectivity index (χ2n) is 4.36. The minimum absolute atomic E-state index is 0.00177. The monoisotopic (exact) mass is 303 g/mol. The predicted molar refractivity (Wildman–Crippen MR) is 76.1 cm³/mol. The van der Waals surface area contributed by atoms with Crippen molar-refractivity contribution in [3.8, 4) is 0 Å². The zero-order valence-corrected chi connectivity index (χ0v) is 12.3. The lowest BCUT2D eigenvalue weighted by molar-refractivity contribution is 0.590. The van der Waals surface area contributed by atoms with Crippen LogP contribution in [0.25, 0.3) is 0 Å². The summed E-state index contributed by atoms with van der Waals surface area (Å²) >= 11 is 13.4. The van der Waals surface area contributed by atoms with Gasteiger partial charge in [0.1, 0.15) is 5.82 Å². The van der Waals surface area contributed by atoms with E-state index >= 15 is 0 Å². The largest absolute Gasteiger partial charge is 0.317 e. The van der Waals surface area contributed by atoms with Crippen LogP contribution in [0.4, 0.5) is 4.39 Å². The van der Waals surface area contributed by atoms with Crippen molar-refractivity contribution in [1.29, 1.82) is 0 Å². The van der Waals surface area contributed by atoms with Crippen LogP contribution in [0.2, 0.25) is 10.0 Å². The molecule has 0 amide bonds. The molecule has 1 aromatic heterocycles. The second kappa shape index (κ2) is 4.82. The van der Waals surface area contributed by atoms with Gasteiger partial charge in [-0.2, -0.15) is 0 Å². The van der Waals surface area contributed by atoms with Crippen LogP contribution in [0.15, 0.2) is 24.3 Å². The maximum Gasteiger partial charge on any atom is 0.142 e. The molecule has 5 heteroatoms.